The first-order chi connectivity index (χ1) is 8.90. The van der Waals surface area contributed by atoms with Crippen molar-refractivity contribution < 1.29 is 9.50 Å². The van der Waals surface area contributed by atoms with Gasteiger partial charge in [0, 0.05) is 14.5 Å². The van der Waals surface area contributed by atoms with Crippen molar-refractivity contribution in [2.45, 2.75) is 20.0 Å². The average Bonchev–Trinajstić information content (AvgIpc) is 2.26. The van der Waals surface area contributed by atoms with Gasteiger partial charge in [-0.1, -0.05) is 44.0 Å². The topological polar surface area (TPSA) is 20.2 Å². The van der Waals surface area contributed by atoms with Gasteiger partial charge in [-0.05, 0) is 48.7 Å². The maximum Gasteiger partial charge on any atom is 0.129 e. The molecule has 1 unspecified atom stereocenters. The molecule has 2 aromatic carbocycles. The van der Waals surface area contributed by atoms with Gasteiger partial charge in [0.25, 0.3) is 0 Å². The first-order valence-corrected chi connectivity index (χ1v) is 7.38. The molecular formula is C15H13Br2FO. The normalized spacial score (nSPS) is 12.5. The Morgan fingerprint density at radius 2 is 1.79 bits per heavy atom. The van der Waals surface area contributed by atoms with Crippen LogP contribution in [0.1, 0.15) is 28.4 Å². The molecule has 100 valence electrons. The molecule has 2 aromatic rings. The van der Waals surface area contributed by atoms with Crippen molar-refractivity contribution in [1.29, 1.82) is 0 Å². The van der Waals surface area contributed by atoms with Gasteiger partial charge < -0.3 is 5.11 Å². The quantitative estimate of drug-likeness (QED) is 0.764. The highest BCUT2D eigenvalue weighted by Gasteiger charge is 2.20. The number of aliphatic hydroxyl groups excluding tert-OH is 1. The molecule has 0 saturated heterocycles. The van der Waals surface area contributed by atoms with Gasteiger partial charge in [-0.15, -0.1) is 0 Å². The molecule has 0 fully saturated rings. The zero-order valence-corrected chi connectivity index (χ0v) is 13.7. The first-order valence-electron chi connectivity index (χ1n) is 5.80. The second-order valence-corrected chi connectivity index (χ2v) is 6.32. The summed E-state index contributed by atoms with van der Waals surface area (Å²) in [6.45, 7) is 3.64. The lowest BCUT2D eigenvalue weighted by Gasteiger charge is -2.17. The Morgan fingerprint density at radius 3 is 2.37 bits per heavy atom. The molecule has 0 heterocycles. The summed E-state index contributed by atoms with van der Waals surface area (Å²) in [5.41, 5.74) is 2.57. The van der Waals surface area contributed by atoms with E-state index in [-0.39, 0.29) is 5.82 Å². The Hall–Kier alpha value is -0.710. The summed E-state index contributed by atoms with van der Waals surface area (Å²) >= 11 is 6.75. The van der Waals surface area contributed by atoms with Gasteiger partial charge in [0.1, 0.15) is 11.9 Å². The van der Waals surface area contributed by atoms with Crippen molar-refractivity contribution in [1.82, 2.24) is 0 Å². The van der Waals surface area contributed by atoms with Crippen LogP contribution < -0.4 is 0 Å². The smallest absolute Gasteiger partial charge is 0.129 e. The van der Waals surface area contributed by atoms with Crippen LogP contribution >= 0.6 is 31.9 Å². The Morgan fingerprint density at radius 1 is 1.11 bits per heavy atom. The Balaban J connectivity index is 2.53. The number of aliphatic hydroxyl groups is 1. The van der Waals surface area contributed by atoms with E-state index in [1.165, 1.54) is 6.07 Å². The van der Waals surface area contributed by atoms with E-state index < -0.39 is 6.10 Å². The van der Waals surface area contributed by atoms with Crippen LogP contribution in [0, 0.1) is 19.7 Å². The van der Waals surface area contributed by atoms with Gasteiger partial charge in [0.15, 0.2) is 0 Å². The van der Waals surface area contributed by atoms with E-state index in [2.05, 4.69) is 31.9 Å². The summed E-state index contributed by atoms with van der Waals surface area (Å²) in [7, 11) is 0. The zero-order chi connectivity index (χ0) is 14.2. The molecule has 2 rings (SSSR count). The van der Waals surface area contributed by atoms with E-state index in [0.717, 1.165) is 20.1 Å². The van der Waals surface area contributed by atoms with Crippen LogP contribution in [0.5, 0.6) is 0 Å². The molecule has 0 aliphatic heterocycles. The first kappa shape index (κ1) is 14.7. The monoisotopic (exact) mass is 386 g/mol. The van der Waals surface area contributed by atoms with Crippen LogP contribution in [0.25, 0.3) is 0 Å². The van der Waals surface area contributed by atoms with E-state index >= 15 is 0 Å². The Bertz CT molecular complexity index is 603. The third-order valence-electron chi connectivity index (χ3n) is 3.01. The minimum absolute atomic E-state index is 0.327. The molecule has 1 nitrogen and oxygen atoms in total. The van der Waals surface area contributed by atoms with Gasteiger partial charge >= 0.3 is 0 Å². The van der Waals surface area contributed by atoms with Crippen molar-refractivity contribution in [3.05, 3.63) is 67.3 Å². The lowest BCUT2D eigenvalue weighted by atomic mass is 9.95. The number of halogens is 3. The molecule has 0 aliphatic carbocycles. The molecule has 0 radical (unpaired) electrons. The predicted octanol–water partition coefficient (Wildman–Crippen LogP) is 5.05. The number of hydrogen-bond donors (Lipinski definition) is 1. The fraction of sp³-hybridized carbons (Fsp3) is 0.200. The van der Waals surface area contributed by atoms with Crippen LogP contribution in [0.2, 0.25) is 0 Å². The summed E-state index contributed by atoms with van der Waals surface area (Å²) in [6, 6.07) is 8.75. The van der Waals surface area contributed by atoms with Crippen molar-refractivity contribution in [3.8, 4) is 0 Å². The van der Waals surface area contributed by atoms with Crippen molar-refractivity contribution in [2.75, 3.05) is 0 Å². The highest BCUT2D eigenvalue weighted by Crippen LogP contribution is 2.33. The summed E-state index contributed by atoms with van der Waals surface area (Å²) in [5.74, 6) is -0.375. The van der Waals surface area contributed by atoms with Crippen LogP contribution in [-0.4, -0.2) is 5.11 Å². The largest absolute Gasteiger partial charge is 0.383 e. The molecule has 0 saturated carbocycles. The Labute approximate surface area is 128 Å². The van der Waals surface area contributed by atoms with Gasteiger partial charge in [0.05, 0.1) is 0 Å². The van der Waals surface area contributed by atoms with Crippen molar-refractivity contribution in [2.24, 2.45) is 0 Å². The maximum absolute atomic E-state index is 14.1. The number of aryl methyl sites for hydroxylation is 2. The van der Waals surface area contributed by atoms with Gasteiger partial charge in [-0.2, -0.15) is 0 Å². The Kier molecular flexibility index (Phi) is 4.43. The minimum Gasteiger partial charge on any atom is -0.383 e. The fourth-order valence-electron chi connectivity index (χ4n) is 2.15. The summed E-state index contributed by atoms with van der Waals surface area (Å²) in [6.07, 6.45) is -0.983. The van der Waals surface area contributed by atoms with Gasteiger partial charge in [-0.3, -0.25) is 0 Å². The molecule has 0 spiro atoms. The summed E-state index contributed by atoms with van der Waals surface area (Å²) in [5, 5.41) is 10.4. The second kappa shape index (κ2) is 5.73. The third kappa shape index (κ3) is 3.07. The van der Waals surface area contributed by atoms with Crippen molar-refractivity contribution in [3.63, 3.8) is 0 Å². The predicted molar refractivity (Wildman–Crippen MR) is 81.8 cm³/mol. The molecule has 0 bridgehead atoms. The van der Waals surface area contributed by atoms with E-state index in [4.69, 9.17) is 0 Å². The molecular weight excluding hydrogens is 375 g/mol. The zero-order valence-electron chi connectivity index (χ0n) is 10.5. The summed E-state index contributed by atoms with van der Waals surface area (Å²) < 4.78 is 15.7. The number of benzene rings is 2. The van der Waals surface area contributed by atoms with E-state index in [0.29, 0.717) is 11.1 Å². The van der Waals surface area contributed by atoms with Gasteiger partial charge in [-0.25, -0.2) is 4.39 Å². The molecule has 0 aliphatic rings. The minimum atomic E-state index is -0.983. The molecule has 4 heteroatoms. The van der Waals surface area contributed by atoms with Crippen molar-refractivity contribution >= 4 is 31.9 Å². The highest BCUT2D eigenvalue weighted by molar-refractivity contribution is 9.11. The standard InChI is InChI=1S/C15H13Br2FO/c1-8-5-9(2)14(13(18)6-8)15(19)11-4-3-10(16)7-12(11)17/h3-7,15,19H,1-2H3. The average molecular weight is 388 g/mol. The maximum atomic E-state index is 14.1. The molecule has 0 amide bonds. The third-order valence-corrected chi connectivity index (χ3v) is 4.19. The molecule has 19 heavy (non-hydrogen) atoms. The lowest BCUT2D eigenvalue weighted by molar-refractivity contribution is 0.213. The van der Waals surface area contributed by atoms with E-state index in [1.807, 2.05) is 25.1 Å². The second-order valence-electron chi connectivity index (χ2n) is 4.55. The SMILES string of the molecule is Cc1cc(C)c(C(O)c2ccc(Br)cc2Br)c(F)c1. The number of hydrogen-bond acceptors (Lipinski definition) is 1. The van der Waals surface area contributed by atoms with Crippen LogP contribution in [0.3, 0.4) is 0 Å². The van der Waals surface area contributed by atoms with Crippen LogP contribution in [0.4, 0.5) is 4.39 Å². The van der Waals surface area contributed by atoms with E-state index in [1.54, 1.807) is 13.0 Å². The lowest BCUT2D eigenvalue weighted by Crippen LogP contribution is -2.06. The van der Waals surface area contributed by atoms with Crippen LogP contribution in [-0.2, 0) is 0 Å². The van der Waals surface area contributed by atoms with Crippen LogP contribution in [0.15, 0.2) is 39.3 Å². The summed E-state index contributed by atoms with van der Waals surface area (Å²) in [4.78, 5) is 0. The molecule has 0 aromatic heterocycles. The number of rotatable bonds is 2. The molecule has 1 atom stereocenters. The van der Waals surface area contributed by atoms with E-state index in [9.17, 15) is 9.50 Å². The molecule has 1 N–H and O–H groups in total. The highest BCUT2D eigenvalue weighted by atomic mass is 79.9. The van der Waals surface area contributed by atoms with Gasteiger partial charge in [0.2, 0.25) is 0 Å². The fourth-order valence-corrected chi connectivity index (χ4v) is 3.42.